The molecule has 0 spiro atoms. The number of rotatable bonds is 5. The van der Waals surface area contributed by atoms with Crippen LogP contribution in [0.25, 0.3) is 0 Å². The first-order valence-corrected chi connectivity index (χ1v) is 7.66. The van der Waals surface area contributed by atoms with E-state index in [0.29, 0.717) is 0 Å². The van der Waals surface area contributed by atoms with Gasteiger partial charge in [-0.05, 0) is 47.5 Å². The number of hydrogen-bond acceptors (Lipinski definition) is 4. The van der Waals surface area contributed by atoms with E-state index in [1.807, 2.05) is 4.72 Å². The highest BCUT2D eigenvalue weighted by Crippen LogP contribution is 2.24. The Bertz CT molecular complexity index is 644. The maximum absolute atomic E-state index is 13.2. The van der Waals surface area contributed by atoms with E-state index >= 15 is 0 Å². The minimum absolute atomic E-state index is 0.0338. The van der Waals surface area contributed by atoms with Gasteiger partial charge in [-0.3, -0.25) is 0 Å². The summed E-state index contributed by atoms with van der Waals surface area (Å²) in [5, 5.41) is 18.2. The summed E-state index contributed by atoms with van der Waals surface area (Å²) in [5.74, 6) is -2.17. The van der Waals surface area contributed by atoms with Gasteiger partial charge in [-0.1, -0.05) is 0 Å². The molecule has 0 aliphatic rings. The molecule has 1 aromatic rings. The minimum Gasteiger partial charge on any atom is -0.479 e. The predicted octanol–water partition coefficient (Wildman–Crippen LogP) is 1.01. The Kier molecular flexibility index (Phi) is 4.90. The largest absolute Gasteiger partial charge is 0.479 e. The number of benzene rings is 1. The highest BCUT2D eigenvalue weighted by atomic mass is 79.9. The zero-order valence-electron chi connectivity index (χ0n) is 10.6. The Balaban J connectivity index is 3.07. The van der Waals surface area contributed by atoms with Gasteiger partial charge in [0.25, 0.3) is 0 Å². The summed E-state index contributed by atoms with van der Waals surface area (Å²) in [6.45, 7) is 1.66. The number of carboxylic acids is 1. The Morgan fingerprint density at radius 2 is 2.05 bits per heavy atom. The molecule has 0 bridgehead atoms. The SMILES string of the molecule is Cc1cc(F)c(Br)cc1S(=O)(=O)NCC(C)(O)C(=O)O. The molecule has 9 heteroatoms. The van der Waals surface area contributed by atoms with E-state index in [1.54, 1.807) is 0 Å². The Morgan fingerprint density at radius 1 is 1.50 bits per heavy atom. The number of aryl methyl sites for hydroxylation is 1. The lowest BCUT2D eigenvalue weighted by Crippen LogP contribution is -2.46. The summed E-state index contributed by atoms with van der Waals surface area (Å²) in [6, 6.07) is 2.11. The van der Waals surface area contributed by atoms with E-state index in [-0.39, 0.29) is 14.9 Å². The molecule has 1 atom stereocenters. The van der Waals surface area contributed by atoms with Crippen molar-refractivity contribution < 1.29 is 27.8 Å². The van der Waals surface area contributed by atoms with Gasteiger partial charge in [0.15, 0.2) is 5.60 Å². The van der Waals surface area contributed by atoms with Gasteiger partial charge >= 0.3 is 5.97 Å². The quantitative estimate of drug-likeness (QED) is 0.718. The van der Waals surface area contributed by atoms with Crippen LogP contribution < -0.4 is 4.72 Å². The first-order valence-electron chi connectivity index (χ1n) is 5.38. The summed E-state index contributed by atoms with van der Waals surface area (Å²) < 4.78 is 39.3. The second kappa shape index (κ2) is 5.76. The third kappa shape index (κ3) is 3.75. The van der Waals surface area contributed by atoms with Crippen LogP contribution in [0.4, 0.5) is 4.39 Å². The Hall–Kier alpha value is -1.03. The average Bonchev–Trinajstić information content (AvgIpc) is 2.31. The second-order valence-electron chi connectivity index (χ2n) is 4.44. The molecule has 0 aliphatic carbocycles. The van der Waals surface area contributed by atoms with Crippen LogP contribution in [0.2, 0.25) is 0 Å². The molecule has 112 valence electrons. The molecule has 0 fully saturated rings. The maximum atomic E-state index is 13.2. The predicted molar refractivity (Wildman–Crippen MR) is 72.3 cm³/mol. The van der Waals surface area contributed by atoms with Gasteiger partial charge in [0.2, 0.25) is 10.0 Å². The summed E-state index contributed by atoms with van der Waals surface area (Å²) >= 11 is 2.88. The number of sulfonamides is 1. The van der Waals surface area contributed by atoms with Crippen molar-refractivity contribution in [2.24, 2.45) is 0 Å². The van der Waals surface area contributed by atoms with E-state index < -0.39 is 34.0 Å². The first-order chi connectivity index (χ1) is 8.97. The minimum atomic E-state index is -4.07. The smallest absolute Gasteiger partial charge is 0.336 e. The van der Waals surface area contributed by atoms with Gasteiger partial charge in [-0.2, -0.15) is 0 Å². The van der Waals surface area contributed by atoms with Crippen molar-refractivity contribution in [1.29, 1.82) is 0 Å². The fraction of sp³-hybridized carbons (Fsp3) is 0.364. The molecular formula is C11H13BrFNO5S. The number of halogens is 2. The summed E-state index contributed by atoms with van der Waals surface area (Å²) in [7, 11) is -4.07. The van der Waals surface area contributed by atoms with Gasteiger partial charge < -0.3 is 10.2 Å². The Morgan fingerprint density at radius 3 is 2.55 bits per heavy atom. The molecule has 0 saturated carbocycles. The molecule has 1 aromatic carbocycles. The van der Waals surface area contributed by atoms with Crippen molar-refractivity contribution in [3.05, 3.63) is 28.0 Å². The average molecular weight is 370 g/mol. The van der Waals surface area contributed by atoms with Crippen LogP contribution in [-0.4, -0.2) is 36.7 Å². The van der Waals surface area contributed by atoms with Crippen LogP contribution in [0.3, 0.4) is 0 Å². The number of hydrogen-bond donors (Lipinski definition) is 3. The van der Waals surface area contributed by atoms with Crippen molar-refractivity contribution in [2.45, 2.75) is 24.3 Å². The molecule has 3 N–H and O–H groups in total. The zero-order chi connectivity index (χ0) is 15.7. The van der Waals surface area contributed by atoms with Crippen LogP contribution in [-0.2, 0) is 14.8 Å². The zero-order valence-corrected chi connectivity index (χ0v) is 13.0. The van der Waals surface area contributed by atoms with E-state index in [0.717, 1.165) is 19.1 Å². The van der Waals surface area contributed by atoms with Crippen LogP contribution in [0.5, 0.6) is 0 Å². The van der Waals surface area contributed by atoms with Crippen molar-refractivity contribution in [1.82, 2.24) is 4.72 Å². The molecule has 0 amide bonds. The normalized spacial score (nSPS) is 14.8. The monoisotopic (exact) mass is 369 g/mol. The number of aliphatic hydroxyl groups is 1. The van der Waals surface area contributed by atoms with Gasteiger partial charge in [-0.15, -0.1) is 0 Å². The van der Waals surface area contributed by atoms with Gasteiger partial charge in [0.1, 0.15) is 5.82 Å². The van der Waals surface area contributed by atoms with Crippen molar-refractivity contribution in [3.63, 3.8) is 0 Å². The lowest BCUT2D eigenvalue weighted by molar-refractivity contribution is -0.155. The van der Waals surface area contributed by atoms with E-state index in [9.17, 15) is 22.7 Å². The molecule has 1 unspecified atom stereocenters. The van der Waals surface area contributed by atoms with Crippen molar-refractivity contribution >= 4 is 31.9 Å². The molecule has 0 aromatic heterocycles. The lowest BCUT2D eigenvalue weighted by atomic mass is 10.1. The van der Waals surface area contributed by atoms with E-state index in [2.05, 4.69) is 15.9 Å². The molecule has 1 rings (SSSR count). The lowest BCUT2D eigenvalue weighted by Gasteiger charge is -2.19. The van der Waals surface area contributed by atoms with E-state index in [1.165, 1.54) is 6.92 Å². The highest BCUT2D eigenvalue weighted by Gasteiger charge is 2.32. The molecule has 0 radical (unpaired) electrons. The fourth-order valence-electron chi connectivity index (χ4n) is 1.31. The number of carbonyl (C=O) groups is 1. The topological polar surface area (TPSA) is 104 Å². The van der Waals surface area contributed by atoms with E-state index in [4.69, 9.17) is 5.11 Å². The summed E-state index contributed by atoms with van der Waals surface area (Å²) in [4.78, 5) is 10.5. The van der Waals surface area contributed by atoms with Crippen molar-refractivity contribution in [3.8, 4) is 0 Å². The molecule has 0 heterocycles. The highest BCUT2D eigenvalue weighted by molar-refractivity contribution is 9.10. The summed E-state index contributed by atoms with van der Waals surface area (Å²) in [5.41, 5.74) is -2.08. The molecular weight excluding hydrogens is 357 g/mol. The van der Waals surface area contributed by atoms with Crippen LogP contribution in [0.1, 0.15) is 12.5 Å². The molecule has 20 heavy (non-hydrogen) atoms. The third-order valence-electron chi connectivity index (χ3n) is 2.57. The van der Waals surface area contributed by atoms with Crippen molar-refractivity contribution in [2.75, 3.05) is 6.54 Å². The standard InChI is InChI=1S/C11H13BrFNO5S/c1-6-3-8(13)7(12)4-9(6)20(18,19)14-5-11(2,17)10(15)16/h3-4,14,17H,5H2,1-2H3,(H,15,16). The summed E-state index contributed by atoms with van der Waals surface area (Å²) in [6.07, 6.45) is 0. The van der Waals surface area contributed by atoms with Crippen LogP contribution in [0, 0.1) is 12.7 Å². The number of aliphatic carboxylic acids is 1. The van der Waals surface area contributed by atoms with Gasteiger partial charge in [0, 0.05) is 0 Å². The number of carboxylic acid groups (broad SMARTS) is 1. The Labute approximate surface area is 123 Å². The maximum Gasteiger partial charge on any atom is 0.336 e. The fourth-order valence-corrected chi connectivity index (χ4v) is 3.18. The number of nitrogens with one attached hydrogen (secondary N) is 1. The van der Waals surface area contributed by atoms with Crippen LogP contribution >= 0.6 is 15.9 Å². The third-order valence-corrected chi connectivity index (χ3v) is 4.73. The van der Waals surface area contributed by atoms with Gasteiger partial charge in [-0.25, -0.2) is 22.3 Å². The van der Waals surface area contributed by atoms with Crippen LogP contribution in [0.15, 0.2) is 21.5 Å². The molecule has 6 nitrogen and oxygen atoms in total. The molecule has 0 aliphatic heterocycles. The second-order valence-corrected chi connectivity index (χ2v) is 7.03. The van der Waals surface area contributed by atoms with Gasteiger partial charge in [0.05, 0.1) is 15.9 Å². The first kappa shape index (κ1) is 17.0. The molecule has 0 saturated heterocycles.